The van der Waals surface area contributed by atoms with E-state index < -0.39 is 0 Å². The van der Waals surface area contributed by atoms with Crippen molar-refractivity contribution in [3.63, 3.8) is 0 Å². The highest BCUT2D eigenvalue weighted by molar-refractivity contribution is 6.07. The fourth-order valence-electron chi connectivity index (χ4n) is 10.5. The summed E-state index contributed by atoms with van der Waals surface area (Å²) in [5.74, 6) is 2.67. The Morgan fingerprint density at radius 2 is 0.487 bits per heavy atom. The number of fused-ring (bicyclic) bond motifs is 2. The average Bonchev–Trinajstić information content (AvgIpc) is 3.67. The van der Waals surface area contributed by atoms with Gasteiger partial charge in [-0.1, -0.05) is 237 Å². The summed E-state index contributed by atoms with van der Waals surface area (Å²) in [5.41, 5.74) is 16.6. The number of nitrogens with zero attached hydrogens (tertiary/aromatic N) is 9. The van der Waals surface area contributed by atoms with Crippen LogP contribution in [-0.2, 0) is 0 Å². The van der Waals surface area contributed by atoms with Crippen molar-refractivity contribution < 1.29 is 0 Å². The van der Waals surface area contributed by atoms with Crippen molar-refractivity contribution >= 4 is 34.4 Å². The lowest BCUT2D eigenvalue weighted by Gasteiger charge is -2.40. The first kappa shape index (κ1) is 47.4. The van der Waals surface area contributed by atoms with Gasteiger partial charge < -0.3 is 4.90 Å². The zero-order chi connectivity index (χ0) is 53.2. The number of hydrogen-bond acceptors (Lipinski definition) is 9. The summed E-state index contributed by atoms with van der Waals surface area (Å²) in [7, 11) is 0. The van der Waals surface area contributed by atoms with Gasteiger partial charge in [0, 0.05) is 50.1 Å². The fraction of sp³-hybridized carbons (Fsp3) is 0. The number of hydrogen-bond donors (Lipinski definition) is 0. The second kappa shape index (κ2) is 20.8. The lowest BCUT2D eigenvalue weighted by Crippen LogP contribution is -2.26. The molecule has 13 aromatic rings. The summed E-state index contributed by atoms with van der Waals surface area (Å²) in [6, 6.07) is 97.4. The Labute approximate surface area is 463 Å². The molecule has 0 saturated heterocycles. The molecule has 0 fully saturated rings. The number of para-hydroxylation sites is 4. The van der Waals surface area contributed by atoms with Gasteiger partial charge in [0.1, 0.15) is 0 Å². The van der Waals surface area contributed by atoms with E-state index in [0.717, 1.165) is 107 Å². The maximum atomic E-state index is 5.58. The van der Waals surface area contributed by atoms with Crippen molar-refractivity contribution in [1.82, 2.24) is 34.9 Å². The summed E-state index contributed by atoms with van der Waals surface area (Å²) in [6.07, 6.45) is 0. The molecule has 9 nitrogen and oxygen atoms in total. The van der Waals surface area contributed by atoms with E-state index in [1.165, 1.54) is 0 Å². The molecule has 0 aliphatic carbocycles. The van der Waals surface area contributed by atoms with Crippen LogP contribution in [0.5, 0.6) is 0 Å². The first-order valence-corrected chi connectivity index (χ1v) is 26.6. The molecule has 376 valence electrons. The van der Waals surface area contributed by atoms with Gasteiger partial charge in [0.25, 0.3) is 0 Å². The molecule has 0 amide bonds. The number of anilines is 6. The van der Waals surface area contributed by atoms with Gasteiger partial charge in [0.05, 0.1) is 51.2 Å². The highest BCUT2D eigenvalue weighted by atomic mass is 15.3. The third-order valence-electron chi connectivity index (χ3n) is 14.3. The molecule has 14 rings (SSSR count). The predicted octanol–water partition coefficient (Wildman–Crippen LogP) is 17.7. The van der Waals surface area contributed by atoms with E-state index in [1.54, 1.807) is 0 Å². The molecule has 0 unspecified atom stereocenters. The van der Waals surface area contributed by atoms with E-state index in [2.05, 4.69) is 155 Å². The molecule has 0 saturated carbocycles. The van der Waals surface area contributed by atoms with Gasteiger partial charge in [0.15, 0.2) is 23.3 Å². The summed E-state index contributed by atoms with van der Waals surface area (Å²) in [5, 5.41) is 0. The van der Waals surface area contributed by atoms with Gasteiger partial charge in [-0.05, 0) is 54.1 Å². The van der Waals surface area contributed by atoms with Crippen molar-refractivity contribution in [2.24, 2.45) is 0 Å². The van der Waals surface area contributed by atoms with Crippen LogP contribution in [0.2, 0.25) is 0 Å². The van der Waals surface area contributed by atoms with Crippen LogP contribution in [0.25, 0.3) is 102 Å². The molecule has 0 atom stereocenters. The van der Waals surface area contributed by atoms with Gasteiger partial charge in [-0.15, -0.1) is 0 Å². The van der Waals surface area contributed by atoms with Crippen LogP contribution in [0, 0.1) is 0 Å². The Balaban J connectivity index is 1.07. The lowest BCUT2D eigenvalue weighted by molar-refractivity contribution is 1.06. The Bertz CT molecular complexity index is 4120. The van der Waals surface area contributed by atoms with Gasteiger partial charge in [0.2, 0.25) is 5.95 Å². The largest absolute Gasteiger partial charge is 0.305 e. The van der Waals surface area contributed by atoms with E-state index in [4.69, 9.17) is 34.9 Å². The number of rotatable bonds is 11. The van der Waals surface area contributed by atoms with Gasteiger partial charge >= 0.3 is 0 Å². The summed E-state index contributed by atoms with van der Waals surface area (Å²) >= 11 is 0. The normalized spacial score (nSPS) is 11.7. The van der Waals surface area contributed by atoms with Crippen molar-refractivity contribution in [2.75, 3.05) is 9.80 Å². The van der Waals surface area contributed by atoms with E-state index in [0.29, 0.717) is 29.2 Å². The Kier molecular flexibility index (Phi) is 12.3. The van der Waals surface area contributed by atoms with Gasteiger partial charge in [-0.25, -0.2) is 34.9 Å². The van der Waals surface area contributed by atoms with Crippen molar-refractivity contribution in [2.45, 2.75) is 0 Å². The third-order valence-corrected chi connectivity index (χ3v) is 14.3. The molecule has 1 aliphatic heterocycles. The molecule has 4 heterocycles. The second-order valence-electron chi connectivity index (χ2n) is 19.3. The summed E-state index contributed by atoms with van der Waals surface area (Å²) in [6.45, 7) is 0. The van der Waals surface area contributed by atoms with E-state index in [-0.39, 0.29) is 0 Å². The molecular formula is C71H47N9. The highest BCUT2D eigenvalue weighted by Crippen LogP contribution is 2.57. The van der Waals surface area contributed by atoms with E-state index >= 15 is 0 Å². The quantitative estimate of drug-likeness (QED) is 0.125. The molecule has 3 aromatic heterocycles. The Hall–Kier alpha value is -11.0. The van der Waals surface area contributed by atoms with E-state index in [1.807, 2.05) is 140 Å². The molecule has 1 aliphatic rings. The first-order chi connectivity index (χ1) is 39.7. The topological polar surface area (TPSA) is 96.7 Å². The minimum Gasteiger partial charge on any atom is -0.305 e. The van der Waals surface area contributed by atoms with E-state index in [9.17, 15) is 0 Å². The molecule has 0 N–H and O–H groups in total. The molecule has 10 aromatic carbocycles. The molecule has 0 spiro atoms. The van der Waals surface area contributed by atoms with Crippen LogP contribution < -0.4 is 9.80 Å². The minimum absolute atomic E-state index is 0.500. The Morgan fingerprint density at radius 3 is 0.863 bits per heavy atom. The Morgan fingerprint density at radius 1 is 0.200 bits per heavy atom. The van der Waals surface area contributed by atoms with Crippen molar-refractivity contribution in [3.8, 4) is 102 Å². The van der Waals surface area contributed by atoms with Crippen LogP contribution >= 0.6 is 0 Å². The standard InChI is InChI=1S/C71H47N9/c1-8-26-48(27-9-1)56-44-55(69-77-67(53-36-18-6-19-37-53)76-68(78-69)54-38-20-7-21-39-54)45-57(70-72-58(49-28-10-2-11-29-49)46-59(73-70)50-30-12-3-13-31-50)66(56)79-62-40-22-24-42-64(62)80(65-43-25-23-41-63(65)79)71-74-60(51-32-14-4-15-33-51)47-61(75-71)52-34-16-5-17-35-52/h1-47H. The van der Waals surface area contributed by atoms with Crippen LogP contribution in [0.15, 0.2) is 285 Å². The fourth-order valence-corrected chi connectivity index (χ4v) is 10.5. The lowest BCUT2D eigenvalue weighted by atomic mass is 9.93. The molecule has 0 bridgehead atoms. The minimum atomic E-state index is 0.500. The highest BCUT2D eigenvalue weighted by Gasteiger charge is 2.36. The smallest absolute Gasteiger partial charge is 0.235 e. The van der Waals surface area contributed by atoms with Crippen LogP contribution in [0.3, 0.4) is 0 Å². The number of benzene rings is 10. The number of aromatic nitrogens is 7. The van der Waals surface area contributed by atoms with Gasteiger partial charge in [-0.3, -0.25) is 4.90 Å². The first-order valence-electron chi connectivity index (χ1n) is 26.6. The van der Waals surface area contributed by atoms with Crippen LogP contribution in [-0.4, -0.2) is 34.9 Å². The second-order valence-corrected chi connectivity index (χ2v) is 19.3. The summed E-state index contributed by atoms with van der Waals surface area (Å²) in [4.78, 5) is 42.3. The van der Waals surface area contributed by atoms with Crippen molar-refractivity contribution in [1.29, 1.82) is 0 Å². The van der Waals surface area contributed by atoms with Crippen molar-refractivity contribution in [3.05, 3.63) is 285 Å². The maximum absolute atomic E-state index is 5.58. The molecule has 0 radical (unpaired) electrons. The third kappa shape index (κ3) is 9.10. The predicted molar refractivity (Wildman–Crippen MR) is 323 cm³/mol. The zero-order valence-corrected chi connectivity index (χ0v) is 43.2. The SMILES string of the molecule is c1ccc(-c2cc(-c3ccccc3)nc(-c3cc(-c4nc(-c5ccccc5)nc(-c5ccccc5)n4)cc(-c4ccccc4)c3N3c4ccccc4N(c4nc(-c5ccccc5)cc(-c5ccccc5)n4)c4ccccc43)n2)cc1. The average molecular weight is 1030 g/mol. The monoisotopic (exact) mass is 1030 g/mol. The molecule has 9 heteroatoms. The van der Waals surface area contributed by atoms with Crippen LogP contribution in [0.4, 0.5) is 34.4 Å². The zero-order valence-electron chi connectivity index (χ0n) is 43.2. The molecule has 80 heavy (non-hydrogen) atoms. The van der Waals surface area contributed by atoms with Crippen LogP contribution in [0.1, 0.15) is 0 Å². The van der Waals surface area contributed by atoms with Gasteiger partial charge in [-0.2, -0.15) is 0 Å². The summed E-state index contributed by atoms with van der Waals surface area (Å²) < 4.78 is 0. The maximum Gasteiger partial charge on any atom is 0.235 e. The molecular weight excluding hydrogens is 979 g/mol.